The van der Waals surface area contributed by atoms with Gasteiger partial charge in [-0.3, -0.25) is 9.89 Å². The van der Waals surface area contributed by atoms with Crippen LogP contribution >= 0.6 is 0 Å². The first kappa shape index (κ1) is 13.5. The van der Waals surface area contributed by atoms with Crippen LogP contribution < -0.4 is 4.90 Å². The third kappa shape index (κ3) is 2.74. The summed E-state index contributed by atoms with van der Waals surface area (Å²) in [5.41, 5.74) is 3.82. The molecule has 1 aromatic carbocycles. The smallest absolute Gasteiger partial charge is 0.128 e. The van der Waals surface area contributed by atoms with E-state index in [1.165, 1.54) is 11.3 Å². The van der Waals surface area contributed by atoms with E-state index >= 15 is 0 Å². The second kappa shape index (κ2) is 5.89. The number of anilines is 1. The maximum absolute atomic E-state index is 4.77. The second-order valence-corrected chi connectivity index (χ2v) is 5.93. The fourth-order valence-electron chi connectivity index (χ4n) is 3.22. The third-order valence-electron chi connectivity index (χ3n) is 4.42. The highest BCUT2D eigenvalue weighted by Crippen LogP contribution is 2.26. The van der Waals surface area contributed by atoms with Gasteiger partial charge in [0.2, 0.25) is 0 Å². The van der Waals surface area contributed by atoms with Crippen molar-refractivity contribution in [2.45, 2.75) is 6.42 Å². The molecule has 22 heavy (non-hydrogen) atoms. The average molecular weight is 292 g/mol. The minimum atomic E-state index is 0.991. The molecule has 0 spiro atoms. The number of hydrogen-bond donors (Lipinski definition) is 0. The van der Waals surface area contributed by atoms with Crippen molar-refractivity contribution in [1.82, 2.24) is 9.88 Å². The Kier molecular flexibility index (Phi) is 3.60. The fraction of sp³-hybridized carbons (Fsp3) is 0.333. The van der Waals surface area contributed by atoms with Crippen LogP contribution in [0.25, 0.3) is 0 Å². The average Bonchev–Trinajstić information content (AvgIpc) is 2.98. The number of nitrogens with zero attached hydrogens (tertiary/aromatic N) is 4. The molecule has 4 nitrogen and oxygen atoms in total. The Morgan fingerprint density at radius 3 is 2.50 bits per heavy atom. The highest BCUT2D eigenvalue weighted by molar-refractivity contribution is 5.95. The minimum absolute atomic E-state index is 0.991. The summed E-state index contributed by atoms with van der Waals surface area (Å²) in [4.78, 5) is 14.1. The molecule has 3 heterocycles. The number of piperazine rings is 1. The lowest BCUT2D eigenvalue weighted by Gasteiger charge is -2.35. The molecule has 0 unspecified atom stereocenters. The van der Waals surface area contributed by atoms with Crippen LogP contribution in [0.5, 0.6) is 0 Å². The number of benzene rings is 1. The molecule has 112 valence electrons. The fourth-order valence-corrected chi connectivity index (χ4v) is 3.22. The Balaban J connectivity index is 1.34. The summed E-state index contributed by atoms with van der Waals surface area (Å²) in [6.45, 7) is 5.22. The summed E-state index contributed by atoms with van der Waals surface area (Å²) < 4.78 is 0. The summed E-state index contributed by atoms with van der Waals surface area (Å²) in [6.07, 6.45) is 2.88. The normalized spacial score (nSPS) is 18.2. The molecule has 1 aromatic heterocycles. The Bertz CT molecular complexity index is 672. The molecule has 2 aliphatic rings. The summed E-state index contributed by atoms with van der Waals surface area (Å²) in [5.74, 6) is 1.09. The molecule has 2 aromatic rings. The van der Waals surface area contributed by atoms with Gasteiger partial charge in [0, 0.05) is 51.1 Å². The van der Waals surface area contributed by atoms with E-state index in [9.17, 15) is 0 Å². The van der Waals surface area contributed by atoms with Gasteiger partial charge in [0.1, 0.15) is 5.82 Å². The number of pyridine rings is 1. The van der Waals surface area contributed by atoms with Crippen LogP contribution in [0.3, 0.4) is 0 Å². The largest absolute Gasteiger partial charge is 0.354 e. The van der Waals surface area contributed by atoms with E-state index in [0.717, 1.165) is 50.6 Å². The van der Waals surface area contributed by atoms with Gasteiger partial charge in [-0.25, -0.2) is 4.98 Å². The molecular weight excluding hydrogens is 272 g/mol. The Labute approximate surface area is 131 Å². The van der Waals surface area contributed by atoms with Gasteiger partial charge < -0.3 is 4.90 Å². The van der Waals surface area contributed by atoms with Crippen LogP contribution in [0.1, 0.15) is 5.56 Å². The molecule has 2 aliphatic heterocycles. The highest BCUT2D eigenvalue weighted by Gasteiger charge is 2.21. The van der Waals surface area contributed by atoms with Crippen molar-refractivity contribution < 1.29 is 0 Å². The Hall–Kier alpha value is -2.20. The molecule has 0 bridgehead atoms. The molecule has 0 N–H and O–H groups in total. The number of aliphatic imine (C=N–C) groups is 1. The number of rotatable bonds is 3. The maximum Gasteiger partial charge on any atom is 0.128 e. The molecule has 1 saturated heterocycles. The standard InChI is InChI=1S/C18H20N4/c1-2-6-17-15(5-1)13-16(20-17)14-21-9-11-22(12-10-21)18-7-3-4-8-19-18/h1-8H,9-14H2. The van der Waals surface area contributed by atoms with Crippen LogP contribution in [0.4, 0.5) is 11.5 Å². The highest BCUT2D eigenvalue weighted by atomic mass is 15.3. The van der Waals surface area contributed by atoms with Crippen molar-refractivity contribution in [2.24, 2.45) is 4.99 Å². The number of aromatic nitrogens is 1. The topological polar surface area (TPSA) is 31.7 Å². The van der Waals surface area contributed by atoms with Crippen molar-refractivity contribution in [3.05, 3.63) is 54.2 Å². The molecular formula is C18H20N4. The van der Waals surface area contributed by atoms with E-state index in [2.05, 4.69) is 51.2 Å². The van der Waals surface area contributed by atoms with Gasteiger partial charge in [-0.1, -0.05) is 24.3 Å². The van der Waals surface area contributed by atoms with E-state index in [-0.39, 0.29) is 0 Å². The number of para-hydroxylation sites is 1. The van der Waals surface area contributed by atoms with E-state index in [4.69, 9.17) is 4.99 Å². The monoisotopic (exact) mass is 292 g/mol. The Morgan fingerprint density at radius 2 is 1.73 bits per heavy atom. The van der Waals surface area contributed by atoms with E-state index < -0.39 is 0 Å². The van der Waals surface area contributed by atoms with Crippen LogP contribution in [0, 0.1) is 0 Å². The molecule has 4 heteroatoms. The summed E-state index contributed by atoms with van der Waals surface area (Å²) in [6, 6.07) is 14.6. The lowest BCUT2D eigenvalue weighted by atomic mass is 10.1. The zero-order chi connectivity index (χ0) is 14.8. The van der Waals surface area contributed by atoms with Crippen LogP contribution in [0.2, 0.25) is 0 Å². The van der Waals surface area contributed by atoms with Crippen molar-refractivity contribution in [3.8, 4) is 0 Å². The lowest BCUT2D eigenvalue weighted by Crippen LogP contribution is -2.48. The predicted octanol–water partition coefficient (Wildman–Crippen LogP) is 2.53. The van der Waals surface area contributed by atoms with E-state index in [1.54, 1.807) is 0 Å². The van der Waals surface area contributed by atoms with Crippen LogP contribution in [-0.2, 0) is 6.42 Å². The van der Waals surface area contributed by atoms with Gasteiger partial charge >= 0.3 is 0 Å². The first-order valence-electron chi connectivity index (χ1n) is 7.91. The van der Waals surface area contributed by atoms with Crippen molar-refractivity contribution >= 4 is 17.2 Å². The van der Waals surface area contributed by atoms with Crippen LogP contribution in [-0.4, -0.2) is 48.3 Å². The van der Waals surface area contributed by atoms with Gasteiger partial charge in [0.05, 0.1) is 5.69 Å². The van der Waals surface area contributed by atoms with E-state index in [0.29, 0.717) is 0 Å². The molecule has 0 aliphatic carbocycles. The van der Waals surface area contributed by atoms with Gasteiger partial charge in [-0.05, 0) is 23.8 Å². The second-order valence-electron chi connectivity index (χ2n) is 5.93. The first-order valence-corrected chi connectivity index (χ1v) is 7.91. The predicted molar refractivity (Wildman–Crippen MR) is 90.1 cm³/mol. The molecule has 1 fully saturated rings. The van der Waals surface area contributed by atoms with Crippen LogP contribution in [0.15, 0.2) is 53.7 Å². The lowest BCUT2D eigenvalue weighted by molar-refractivity contribution is 0.290. The Morgan fingerprint density at radius 1 is 0.909 bits per heavy atom. The first-order chi connectivity index (χ1) is 10.9. The quantitative estimate of drug-likeness (QED) is 0.871. The summed E-state index contributed by atoms with van der Waals surface area (Å²) >= 11 is 0. The maximum atomic E-state index is 4.77. The molecule has 0 radical (unpaired) electrons. The summed E-state index contributed by atoms with van der Waals surface area (Å²) in [5, 5.41) is 0. The zero-order valence-electron chi connectivity index (χ0n) is 12.7. The molecule has 0 saturated carbocycles. The third-order valence-corrected chi connectivity index (χ3v) is 4.42. The number of hydrogen-bond acceptors (Lipinski definition) is 4. The SMILES string of the molecule is c1ccc(N2CCN(CC3=Nc4ccccc4C3)CC2)nc1. The summed E-state index contributed by atoms with van der Waals surface area (Å²) in [7, 11) is 0. The molecule has 0 atom stereocenters. The zero-order valence-corrected chi connectivity index (χ0v) is 12.7. The van der Waals surface area contributed by atoms with Gasteiger partial charge in [-0.15, -0.1) is 0 Å². The molecule has 0 amide bonds. The van der Waals surface area contributed by atoms with E-state index in [1.807, 2.05) is 12.3 Å². The van der Waals surface area contributed by atoms with Crippen molar-refractivity contribution in [1.29, 1.82) is 0 Å². The number of fused-ring (bicyclic) bond motifs is 1. The van der Waals surface area contributed by atoms with Crippen molar-refractivity contribution in [2.75, 3.05) is 37.6 Å². The van der Waals surface area contributed by atoms with Gasteiger partial charge in [0.15, 0.2) is 0 Å². The van der Waals surface area contributed by atoms with Crippen molar-refractivity contribution in [3.63, 3.8) is 0 Å². The van der Waals surface area contributed by atoms with Gasteiger partial charge in [-0.2, -0.15) is 0 Å². The minimum Gasteiger partial charge on any atom is -0.354 e. The van der Waals surface area contributed by atoms with Gasteiger partial charge in [0.25, 0.3) is 0 Å². The molecule has 4 rings (SSSR count).